The standard InChI is InChI=1S/C13H14FN3O2/c1-6-4-5-9(14)10(7(6)2)8(3)11(15)12-16-17-13(18)19-12/h4-5,11H,3,15H2,1-2H3,(H,17,18)/t11-/m0/s1. The van der Waals surface area contributed by atoms with Crippen LogP contribution in [0, 0.1) is 19.7 Å². The van der Waals surface area contributed by atoms with Crippen molar-refractivity contribution in [2.24, 2.45) is 5.73 Å². The van der Waals surface area contributed by atoms with Gasteiger partial charge in [0.2, 0.25) is 5.89 Å². The Labute approximate surface area is 108 Å². The van der Waals surface area contributed by atoms with E-state index in [0.29, 0.717) is 11.1 Å². The number of benzene rings is 1. The molecule has 0 fully saturated rings. The van der Waals surface area contributed by atoms with Crippen LogP contribution in [0.2, 0.25) is 0 Å². The largest absolute Gasteiger partial charge is 0.434 e. The minimum absolute atomic E-state index is 0.0182. The Hall–Kier alpha value is -2.21. The first-order valence-electron chi connectivity index (χ1n) is 5.67. The predicted octanol–water partition coefficient (Wildman–Crippen LogP) is 1.83. The Bertz CT molecular complexity index is 687. The average Bonchev–Trinajstić information content (AvgIpc) is 2.80. The van der Waals surface area contributed by atoms with Gasteiger partial charge in [-0.3, -0.25) is 0 Å². The molecule has 0 aliphatic carbocycles. The van der Waals surface area contributed by atoms with Gasteiger partial charge in [0, 0.05) is 5.56 Å². The second-order valence-corrected chi connectivity index (χ2v) is 4.32. The third-order valence-electron chi connectivity index (χ3n) is 3.10. The number of hydrogen-bond acceptors (Lipinski definition) is 4. The molecule has 19 heavy (non-hydrogen) atoms. The number of rotatable bonds is 3. The lowest BCUT2D eigenvalue weighted by Crippen LogP contribution is -2.14. The van der Waals surface area contributed by atoms with E-state index >= 15 is 0 Å². The van der Waals surface area contributed by atoms with Gasteiger partial charge in [-0.1, -0.05) is 12.6 Å². The zero-order chi connectivity index (χ0) is 14.2. The minimum Gasteiger partial charge on any atom is -0.390 e. The molecule has 0 aliphatic heterocycles. The van der Waals surface area contributed by atoms with Gasteiger partial charge in [0.1, 0.15) is 11.9 Å². The summed E-state index contributed by atoms with van der Waals surface area (Å²) in [7, 11) is 0. The summed E-state index contributed by atoms with van der Waals surface area (Å²) in [6.07, 6.45) is 0. The summed E-state index contributed by atoms with van der Waals surface area (Å²) in [5, 5.41) is 5.74. The molecule has 1 heterocycles. The maximum absolute atomic E-state index is 13.9. The zero-order valence-electron chi connectivity index (χ0n) is 10.7. The maximum atomic E-state index is 13.9. The molecule has 0 aliphatic rings. The molecule has 0 saturated carbocycles. The summed E-state index contributed by atoms with van der Waals surface area (Å²) >= 11 is 0. The van der Waals surface area contributed by atoms with Crippen molar-refractivity contribution >= 4 is 5.57 Å². The van der Waals surface area contributed by atoms with Crippen molar-refractivity contribution in [3.63, 3.8) is 0 Å². The molecule has 0 saturated heterocycles. The number of nitrogens with zero attached hydrogens (tertiary/aromatic N) is 1. The first-order chi connectivity index (χ1) is 8.91. The number of aromatic nitrogens is 2. The Morgan fingerprint density at radius 1 is 1.53 bits per heavy atom. The van der Waals surface area contributed by atoms with Crippen molar-refractivity contribution < 1.29 is 8.81 Å². The molecule has 5 nitrogen and oxygen atoms in total. The molecule has 0 bridgehead atoms. The van der Waals surface area contributed by atoms with Crippen molar-refractivity contribution in [1.82, 2.24) is 10.2 Å². The van der Waals surface area contributed by atoms with Gasteiger partial charge in [-0.05, 0) is 36.6 Å². The monoisotopic (exact) mass is 263 g/mol. The van der Waals surface area contributed by atoms with E-state index in [1.807, 2.05) is 6.92 Å². The van der Waals surface area contributed by atoms with Crippen molar-refractivity contribution in [2.75, 3.05) is 0 Å². The number of H-pyrrole nitrogens is 1. The second-order valence-electron chi connectivity index (χ2n) is 4.32. The number of aromatic amines is 1. The van der Waals surface area contributed by atoms with Gasteiger partial charge in [0.05, 0.1) is 0 Å². The lowest BCUT2D eigenvalue weighted by atomic mass is 9.93. The van der Waals surface area contributed by atoms with E-state index in [1.54, 1.807) is 13.0 Å². The summed E-state index contributed by atoms with van der Waals surface area (Å²) in [6.45, 7) is 7.44. The van der Waals surface area contributed by atoms with E-state index in [0.717, 1.165) is 11.1 Å². The average molecular weight is 263 g/mol. The normalized spacial score (nSPS) is 12.4. The highest BCUT2D eigenvalue weighted by Gasteiger charge is 2.21. The summed E-state index contributed by atoms with van der Waals surface area (Å²) in [5.74, 6) is -1.14. The molecule has 0 spiro atoms. The van der Waals surface area contributed by atoms with Crippen LogP contribution in [0.4, 0.5) is 4.39 Å². The first kappa shape index (κ1) is 13.2. The van der Waals surface area contributed by atoms with Crippen LogP contribution in [-0.4, -0.2) is 10.2 Å². The fourth-order valence-electron chi connectivity index (χ4n) is 1.86. The van der Waals surface area contributed by atoms with Gasteiger partial charge >= 0.3 is 5.76 Å². The fraction of sp³-hybridized carbons (Fsp3) is 0.231. The van der Waals surface area contributed by atoms with Crippen LogP contribution in [0.5, 0.6) is 0 Å². The summed E-state index contributed by atoms with van der Waals surface area (Å²) in [4.78, 5) is 10.9. The van der Waals surface area contributed by atoms with Crippen molar-refractivity contribution in [3.8, 4) is 0 Å². The summed E-state index contributed by atoms with van der Waals surface area (Å²) < 4.78 is 18.7. The van der Waals surface area contributed by atoms with Crippen molar-refractivity contribution in [1.29, 1.82) is 0 Å². The van der Waals surface area contributed by atoms with Crippen LogP contribution in [0.1, 0.15) is 28.6 Å². The number of nitrogens with two attached hydrogens (primary N) is 1. The molecular weight excluding hydrogens is 249 g/mol. The van der Waals surface area contributed by atoms with Crippen molar-refractivity contribution in [2.45, 2.75) is 19.9 Å². The van der Waals surface area contributed by atoms with E-state index in [1.165, 1.54) is 6.07 Å². The third-order valence-corrected chi connectivity index (χ3v) is 3.10. The van der Waals surface area contributed by atoms with Crippen LogP contribution in [0.3, 0.4) is 0 Å². The Morgan fingerprint density at radius 2 is 2.21 bits per heavy atom. The first-order valence-corrected chi connectivity index (χ1v) is 5.67. The minimum atomic E-state index is -0.881. The highest BCUT2D eigenvalue weighted by atomic mass is 19.1. The van der Waals surface area contributed by atoms with Crippen LogP contribution in [-0.2, 0) is 0 Å². The molecule has 2 rings (SSSR count). The number of hydrogen-bond donors (Lipinski definition) is 2. The van der Waals surface area contributed by atoms with E-state index in [9.17, 15) is 9.18 Å². The zero-order valence-corrected chi connectivity index (χ0v) is 10.7. The molecule has 3 N–H and O–H groups in total. The lowest BCUT2D eigenvalue weighted by molar-refractivity contribution is 0.451. The molecule has 6 heteroatoms. The summed E-state index contributed by atoms with van der Waals surface area (Å²) in [5.41, 5.74) is 8.21. The lowest BCUT2D eigenvalue weighted by Gasteiger charge is -2.16. The molecule has 1 aromatic heterocycles. The van der Waals surface area contributed by atoms with E-state index in [-0.39, 0.29) is 5.89 Å². The topological polar surface area (TPSA) is 84.9 Å². The van der Waals surface area contributed by atoms with Crippen LogP contribution < -0.4 is 11.5 Å². The van der Waals surface area contributed by atoms with Crippen molar-refractivity contribution in [3.05, 3.63) is 57.7 Å². The molecule has 1 aromatic carbocycles. The summed E-state index contributed by atoms with van der Waals surface area (Å²) in [6, 6.07) is 2.16. The van der Waals surface area contributed by atoms with Crippen LogP contribution >= 0.6 is 0 Å². The number of nitrogens with one attached hydrogen (secondary N) is 1. The Balaban J connectivity index is 2.45. The molecule has 0 amide bonds. The van der Waals surface area contributed by atoms with Gasteiger partial charge in [-0.25, -0.2) is 14.3 Å². The van der Waals surface area contributed by atoms with E-state index in [4.69, 9.17) is 10.2 Å². The molecule has 100 valence electrons. The number of aryl methyl sites for hydroxylation is 1. The highest BCUT2D eigenvalue weighted by Crippen LogP contribution is 2.30. The van der Waals surface area contributed by atoms with Gasteiger partial charge in [-0.15, -0.1) is 5.10 Å². The highest BCUT2D eigenvalue weighted by molar-refractivity contribution is 5.71. The second kappa shape index (κ2) is 4.81. The smallest absolute Gasteiger partial charge is 0.390 e. The Kier molecular flexibility index (Phi) is 3.35. The SMILES string of the molecule is C=C(c1c(F)ccc(C)c1C)[C@H](N)c1n[nH]c(=O)o1. The van der Waals surface area contributed by atoms with Crippen LogP contribution in [0.25, 0.3) is 5.57 Å². The van der Waals surface area contributed by atoms with Crippen LogP contribution in [0.15, 0.2) is 27.9 Å². The van der Waals surface area contributed by atoms with E-state index in [2.05, 4.69) is 16.8 Å². The fourth-order valence-corrected chi connectivity index (χ4v) is 1.86. The molecule has 2 aromatic rings. The van der Waals surface area contributed by atoms with Gasteiger partial charge in [0.15, 0.2) is 0 Å². The Morgan fingerprint density at radius 3 is 2.79 bits per heavy atom. The molecule has 0 unspecified atom stereocenters. The molecule has 1 atom stereocenters. The predicted molar refractivity (Wildman–Crippen MR) is 69.0 cm³/mol. The van der Waals surface area contributed by atoms with Gasteiger partial charge in [0.25, 0.3) is 0 Å². The van der Waals surface area contributed by atoms with E-state index < -0.39 is 17.6 Å². The molecule has 0 radical (unpaired) electrons. The van der Waals surface area contributed by atoms with Gasteiger partial charge in [-0.2, -0.15) is 0 Å². The quantitative estimate of drug-likeness (QED) is 0.884. The van der Waals surface area contributed by atoms with Gasteiger partial charge < -0.3 is 10.2 Å². The number of halogens is 1. The maximum Gasteiger partial charge on any atom is 0.434 e. The molecular formula is C13H14FN3O2. The third kappa shape index (κ3) is 2.34.